The van der Waals surface area contributed by atoms with Crippen molar-refractivity contribution in [3.05, 3.63) is 0 Å². The SMILES string of the molecule is NC(=O)CC[C@H](NC(=O)CCCCCNC(=O)CN1CCN(CC(=O)O)CCN(CC(=O)O)CCN(CC(=O)O)CC1)C(=O)O. The number of carbonyl (C=O) groups excluding carboxylic acids is 3. The van der Waals surface area contributed by atoms with Gasteiger partial charge in [-0.15, -0.1) is 0 Å². The molecule has 1 rings (SSSR count). The van der Waals surface area contributed by atoms with Crippen molar-refractivity contribution in [2.45, 2.75) is 44.6 Å². The summed E-state index contributed by atoms with van der Waals surface area (Å²) in [5.74, 6) is -5.77. The second kappa shape index (κ2) is 21.8. The van der Waals surface area contributed by atoms with E-state index in [0.717, 1.165) is 0 Å². The zero-order valence-electron chi connectivity index (χ0n) is 25.5. The van der Waals surface area contributed by atoms with E-state index >= 15 is 0 Å². The van der Waals surface area contributed by atoms with E-state index in [1.165, 1.54) is 0 Å². The second-order valence-corrected chi connectivity index (χ2v) is 10.9. The Bertz CT molecular complexity index is 982. The number of hydrogen-bond donors (Lipinski definition) is 7. The van der Waals surface area contributed by atoms with E-state index in [1.807, 2.05) is 4.90 Å². The maximum absolute atomic E-state index is 12.7. The molecule has 0 spiro atoms. The maximum Gasteiger partial charge on any atom is 0.326 e. The number of rotatable bonds is 19. The Kier molecular flexibility index (Phi) is 18.9. The predicted molar refractivity (Wildman–Crippen MR) is 158 cm³/mol. The predicted octanol–water partition coefficient (Wildman–Crippen LogP) is -3.03. The van der Waals surface area contributed by atoms with Gasteiger partial charge in [0.05, 0.1) is 26.2 Å². The number of carboxylic acid groups (broad SMARTS) is 4. The molecule has 18 heteroatoms. The van der Waals surface area contributed by atoms with Crippen molar-refractivity contribution >= 4 is 41.6 Å². The minimum absolute atomic E-state index is 0.00273. The van der Waals surface area contributed by atoms with Gasteiger partial charge in [0.2, 0.25) is 17.7 Å². The Morgan fingerprint density at radius 1 is 0.578 bits per heavy atom. The van der Waals surface area contributed by atoms with Crippen LogP contribution in [0.3, 0.4) is 0 Å². The third-order valence-electron chi connectivity index (χ3n) is 7.09. The van der Waals surface area contributed by atoms with Gasteiger partial charge in [-0.3, -0.25) is 48.4 Å². The molecular formula is C27H47N7O11. The molecule has 1 saturated heterocycles. The van der Waals surface area contributed by atoms with Gasteiger partial charge in [-0.25, -0.2) is 4.79 Å². The first-order valence-corrected chi connectivity index (χ1v) is 14.9. The largest absolute Gasteiger partial charge is 0.480 e. The average molecular weight is 646 g/mol. The van der Waals surface area contributed by atoms with Crippen LogP contribution in [0, 0.1) is 0 Å². The van der Waals surface area contributed by atoms with Crippen LogP contribution >= 0.6 is 0 Å². The zero-order valence-corrected chi connectivity index (χ0v) is 25.5. The molecule has 3 amide bonds. The molecule has 0 aliphatic carbocycles. The van der Waals surface area contributed by atoms with Crippen LogP contribution < -0.4 is 16.4 Å². The molecule has 0 bridgehead atoms. The van der Waals surface area contributed by atoms with Gasteiger partial charge >= 0.3 is 23.9 Å². The van der Waals surface area contributed by atoms with Crippen molar-refractivity contribution < 1.29 is 54.0 Å². The summed E-state index contributed by atoms with van der Waals surface area (Å²) >= 11 is 0. The van der Waals surface area contributed by atoms with Crippen LogP contribution in [-0.2, 0) is 33.6 Å². The molecule has 18 nitrogen and oxygen atoms in total. The van der Waals surface area contributed by atoms with E-state index < -0.39 is 41.7 Å². The van der Waals surface area contributed by atoms with E-state index in [0.29, 0.717) is 52.0 Å². The Labute approximate surface area is 261 Å². The summed E-state index contributed by atoms with van der Waals surface area (Å²) < 4.78 is 0. The summed E-state index contributed by atoms with van der Waals surface area (Å²) in [6.07, 6.45) is 1.43. The first-order chi connectivity index (χ1) is 21.2. The molecule has 0 aromatic carbocycles. The monoisotopic (exact) mass is 645 g/mol. The van der Waals surface area contributed by atoms with Gasteiger partial charge in [0.1, 0.15) is 6.04 Å². The van der Waals surface area contributed by atoms with Crippen molar-refractivity contribution in [1.82, 2.24) is 30.2 Å². The van der Waals surface area contributed by atoms with Crippen LogP contribution in [0.5, 0.6) is 0 Å². The number of aliphatic carboxylic acids is 4. The summed E-state index contributed by atoms with van der Waals surface area (Å²) in [6.45, 7) is 1.92. The topological polar surface area (TPSA) is 263 Å². The Morgan fingerprint density at radius 3 is 1.38 bits per heavy atom. The lowest BCUT2D eigenvalue weighted by Crippen LogP contribution is -2.49. The number of unbranched alkanes of at least 4 members (excludes halogenated alkanes) is 2. The Morgan fingerprint density at radius 2 is 1.00 bits per heavy atom. The molecule has 256 valence electrons. The summed E-state index contributed by atoms with van der Waals surface area (Å²) in [4.78, 5) is 87.8. The number of carbonyl (C=O) groups is 7. The molecule has 0 unspecified atom stereocenters. The molecule has 1 atom stereocenters. The minimum atomic E-state index is -1.25. The quantitative estimate of drug-likeness (QED) is 0.0689. The van der Waals surface area contributed by atoms with E-state index in [4.69, 9.17) is 5.73 Å². The molecule has 0 aromatic rings. The Balaban J connectivity index is 2.61. The molecule has 0 radical (unpaired) electrons. The second-order valence-electron chi connectivity index (χ2n) is 10.9. The highest BCUT2D eigenvalue weighted by Crippen LogP contribution is 2.04. The number of primary amides is 1. The summed E-state index contributed by atoms with van der Waals surface area (Å²) in [7, 11) is 0. The molecule has 8 N–H and O–H groups in total. The molecule has 1 heterocycles. The highest BCUT2D eigenvalue weighted by atomic mass is 16.4. The van der Waals surface area contributed by atoms with Gasteiger partial charge in [-0.05, 0) is 19.3 Å². The molecule has 1 aliphatic rings. The van der Waals surface area contributed by atoms with Crippen LogP contribution in [0.1, 0.15) is 38.5 Å². The fourth-order valence-corrected chi connectivity index (χ4v) is 4.67. The summed E-state index contributed by atoms with van der Waals surface area (Å²) in [6, 6.07) is -1.20. The fraction of sp³-hybridized carbons (Fsp3) is 0.741. The third kappa shape index (κ3) is 19.9. The van der Waals surface area contributed by atoms with Crippen molar-refractivity contribution in [2.24, 2.45) is 5.73 Å². The van der Waals surface area contributed by atoms with Gasteiger partial charge in [-0.2, -0.15) is 0 Å². The normalized spacial score (nSPS) is 16.9. The van der Waals surface area contributed by atoms with E-state index in [9.17, 15) is 54.0 Å². The molecule has 0 aromatic heterocycles. The van der Waals surface area contributed by atoms with E-state index in [1.54, 1.807) is 14.7 Å². The first kappa shape index (κ1) is 39.2. The lowest BCUT2D eigenvalue weighted by atomic mass is 10.1. The number of hydrogen-bond acceptors (Lipinski definition) is 11. The third-order valence-corrected chi connectivity index (χ3v) is 7.09. The van der Waals surface area contributed by atoms with Crippen LogP contribution in [0.2, 0.25) is 0 Å². The van der Waals surface area contributed by atoms with Crippen molar-refractivity contribution in [1.29, 1.82) is 0 Å². The first-order valence-electron chi connectivity index (χ1n) is 14.9. The Hall–Kier alpha value is -3.87. The van der Waals surface area contributed by atoms with Gasteiger partial charge < -0.3 is 36.8 Å². The minimum Gasteiger partial charge on any atom is -0.480 e. The van der Waals surface area contributed by atoms with Crippen molar-refractivity contribution in [2.75, 3.05) is 85.1 Å². The lowest BCUT2D eigenvalue weighted by Gasteiger charge is -2.32. The number of nitrogens with two attached hydrogens (primary N) is 1. The molecule has 1 aliphatic heterocycles. The zero-order chi connectivity index (χ0) is 33.8. The van der Waals surface area contributed by atoms with E-state index in [-0.39, 0.29) is 77.5 Å². The highest BCUT2D eigenvalue weighted by Gasteiger charge is 2.22. The fourth-order valence-electron chi connectivity index (χ4n) is 4.67. The van der Waals surface area contributed by atoms with Gasteiger partial charge in [-0.1, -0.05) is 6.42 Å². The summed E-state index contributed by atoms with van der Waals surface area (Å²) in [5, 5.41) is 42.3. The van der Waals surface area contributed by atoms with Gasteiger partial charge in [0.15, 0.2) is 0 Å². The van der Waals surface area contributed by atoms with Crippen LogP contribution in [0.25, 0.3) is 0 Å². The van der Waals surface area contributed by atoms with E-state index in [2.05, 4.69) is 10.6 Å². The van der Waals surface area contributed by atoms with Crippen molar-refractivity contribution in [3.63, 3.8) is 0 Å². The van der Waals surface area contributed by atoms with Crippen molar-refractivity contribution in [3.8, 4) is 0 Å². The molecule has 1 fully saturated rings. The van der Waals surface area contributed by atoms with Gasteiger partial charge in [0.25, 0.3) is 0 Å². The van der Waals surface area contributed by atoms with Crippen LogP contribution in [-0.4, -0.2) is 173 Å². The highest BCUT2D eigenvalue weighted by molar-refractivity contribution is 5.84. The maximum atomic E-state index is 12.7. The lowest BCUT2D eigenvalue weighted by molar-refractivity contribution is -0.142. The molecule has 45 heavy (non-hydrogen) atoms. The smallest absolute Gasteiger partial charge is 0.326 e. The summed E-state index contributed by atoms with van der Waals surface area (Å²) in [5.41, 5.74) is 5.03. The molecule has 0 saturated carbocycles. The number of nitrogens with one attached hydrogen (secondary N) is 2. The van der Waals surface area contributed by atoms with Crippen LogP contribution in [0.4, 0.5) is 0 Å². The number of amides is 3. The van der Waals surface area contributed by atoms with Crippen LogP contribution in [0.15, 0.2) is 0 Å². The average Bonchev–Trinajstić information content (AvgIpc) is 2.93. The standard InChI is InChI=1S/C27H47N7O11/c28-21(35)6-5-20(27(44)45)30-22(36)4-2-1-3-7-29-23(37)16-31-8-10-32(17-24(38)39)12-14-34(19-26(42)43)15-13-33(11-9-31)18-25(40)41/h20H,1-19H2,(H2,28,35)(H,29,37)(H,30,36)(H,38,39)(H,40,41)(H,42,43)(H,44,45)/t20-/m0/s1. The molecular weight excluding hydrogens is 598 g/mol. The number of carboxylic acids is 4. The number of nitrogens with zero attached hydrogens (tertiary/aromatic N) is 4. The van der Waals surface area contributed by atoms with Gasteiger partial charge in [0, 0.05) is 71.7 Å².